The van der Waals surface area contributed by atoms with Crippen LogP contribution in [0.2, 0.25) is 0 Å². The van der Waals surface area contributed by atoms with Crippen molar-refractivity contribution < 1.29 is 10.3 Å². The molecule has 3 unspecified atom stereocenters. The molecule has 0 aromatic heterocycles. The van der Waals surface area contributed by atoms with Crippen LogP contribution in [0.25, 0.3) is 0 Å². The molecule has 0 aromatic rings. The Balaban J connectivity index is 2.84. The normalized spacial score (nSPS) is 43.0. The third-order valence-corrected chi connectivity index (χ3v) is 2.92. The molecule has 1 aliphatic heterocycles. The summed E-state index contributed by atoms with van der Waals surface area (Å²) in [5, 5.41) is 20.3. The molecular weight excluding hydrogens is 173 g/mol. The number of aliphatic hydroxyl groups excluding tert-OH is 1. The standard InChI is InChI=1S/C8H18NO2P/c1-7(2)4-6(10)5-8(3,12)9(7)11/h6,10-11H,4-5,12H2,1-3H3. The lowest BCUT2D eigenvalue weighted by Crippen LogP contribution is -2.58. The Morgan fingerprint density at radius 2 is 1.83 bits per heavy atom. The number of rotatable bonds is 0. The zero-order valence-corrected chi connectivity index (χ0v) is 9.07. The molecule has 1 aliphatic rings. The van der Waals surface area contributed by atoms with Gasteiger partial charge in [-0.05, 0) is 33.6 Å². The Kier molecular flexibility index (Phi) is 2.52. The van der Waals surface area contributed by atoms with Gasteiger partial charge in [0, 0.05) is 5.54 Å². The molecular formula is C8H18NO2P. The molecule has 1 rings (SSSR count). The lowest BCUT2D eigenvalue weighted by Gasteiger charge is -2.50. The van der Waals surface area contributed by atoms with E-state index in [1.54, 1.807) is 0 Å². The van der Waals surface area contributed by atoms with Gasteiger partial charge in [0.2, 0.25) is 0 Å². The molecule has 0 spiro atoms. The van der Waals surface area contributed by atoms with Crippen molar-refractivity contribution in [3.05, 3.63) is 0 Å². The molecule has 3 nitrogen and oxygen atoms in total. The summed E-state index contributed by atoms with van der Waals surface area (Å²) < 4.78 is 0. The van der Waals surface area contributed by atoms with Gasteiger partial charge in [0.1, 0.15) is 0 Å². The fourth-order valence-electron chi connectivity index (χ4n) is 1.99. The summed E-state index contributed by atoms with van der Waals surface area (Å²) in [4.78, 5) is 0. The molecule has 0 aromatic carbocycles. The van der Waals surface area contributed by atoms with Gasteiger partial charge in [0.25, 0.3) is 0 Å². The molecule has 12 heavy (non-hydrogen) atoms. The number of hydrogen-bond donors (Lipinski definition) is 2. The van der Waals surface area contributed by atoms with E-state index in [1.807, 2.05) is 20.8 Å². The number of hydroxylamine groups is 2. The van der Waals surface area contributed by atoms with Crippen molar-refractivity contribution in [1.82, 2.24) is 5.06 Å². The quantitative estimate of drug-likeness (QED) is 0.565. The maximum absolute atomic E-state index is 9.78. The molecule has 1 heterocycles. The van der Waals surface area contributed by atoms with Crippen molar-refractivity contribution >= 4 is 9.24 Å². The summed E-state index contributed by atoms with van der Waals surface area (Å²) in [5.41, 5.74) is -0.339. The van der Waals surface area contributed by atoms with E-state index in [9.17, 15) is 10.3 Å². The predicted molar refractivity (Wildman–Crippen MR) is 51.1 cm³/mol. The lowest BCUT2D eigenvalue weighted by molar-refractivity contribution is -0.234. The van der Waals surface area contributed by atoms with Gasteiger partial charge in [-0.3, -0.25) is 0 Å². The number of nitrogens with zero attached hydrogens (tertiary/aromatic N) is 1. The van der Waals surface area contributed by atoms with Crippen molar-refractivity contribution in [3.8, 4) is 0 Å². The van der Waals surface area contributed by atoms with Gasteiger partial charge in [0.15, 0.2) is 0 Å². The van der Waals surface area contributed by atoms with E-state index in [0.29, 0.717) is 12.8 Å². The molecule has 0 radical (unpaired) electrons. The topological polar surface area (TPSA) is 43.7 Å². The molecule has 2 N–H and O–H groups in total. The average Bonchev–Trinajstić information content (AvgIpc) is 1.80. The lowest BCUT2D eigenvalue weighted by atomic mass is 9.86. The Bertz CT molecular complexity index is 164. The average molecular weight is 191 g/mol. The molecule has 0 amide bonds. The first kappa shape index (κ1) is 10.4. The Labute approximate surface area is 75.9 Å². The van der Waals surface area contributed by atoms with Crippen LogP contribution in [0.15, 0.2) is 0 Å². The van der Waals surface area contributed by atoms with Crippen LogP contribution < -0.4 is 0 Å². The van der Waals surface area contributed by atoms with E-state index in [4.69, 9.17) is 0 Å². The van der Waals surface area contributed by atoms with Gasteiger partial charge >= 0.3 is 0 Å². The van der Waals surface area contributed by atoms with Crippen molar-refractivity contribution in [3.63, 3.8) is 0 Å². The zero-order chi connectivity index (χ0) is 9.57. The van der Waals surface area contributed by atoms with Crippen LogP contribution in [-0.4, -0.2) is 32.3 Å². The van der Waals surface area contributed by atoms with Crippen molar-refractivity contribution in [2.75, 3.05) is 0 Å². The molecule has 72 valence electrons. The number of hydrogen-bond acceptors (Lipinski definition) is 3. The molecule has 4 heteroatoms. The minimum atomic E-state index is -0.402. The van der Waals surface area contributed by atoms with Crippen LogP contribution in [0, 0.1) is 0 Å². The highest BCUT2D eigenvalue weighted by Gasteiger charge is 2.44. The second-order valence-corrected chi connectivity index (χ2v) is 5.79. The number of aliphatic hydroxyl groups is 1. The smallest absolute Gasteiger partial charge is 0.0599 e. The molecule has 0 bridgehead atoms. The molecule has 0 saturated carbocycles. The monoisotopic (exact) mass is 191 g/mol. The highest BCUT2D eigenvalue weighted by molar-refractivity contribution is 7.18. The maximum Gasteiger partial charge on any atom is 0.0599 e. The molecule has 1 saturated heterocycles. The number of piperidine rings is 1. The Morgan fingerprint density at radius 1 is 1.33 bits per heavy atom. The van der Waals surface area contributed by atoms with Crippen LogP contribution in [0.3, 0.4) is 0 Å². The first-order valence-electron chi connectivity index (χ1n) is 4.22. The largest absolute Gasteiger partial charge is 0.393 e. The summed E-state index contributed by atoms with van der Waals surface area (Å²) in [6, 6.07) is 0. The second-order valence-electron chi connectivity index (χ2n) is 4.54. The van der Waals surface area contributed by atoms with Crippen LogP contribution >= 0.6 is 9.24 Å². The molecule has 0 aliphatic carbocycles. The van der Waals surface area contributed by atoms with E-state index >= 15 is 0 Å². The maximum atomic E-state index is 9.78. The third-order valence-electron chi connectivity index (χ3n) is 2.44. The van der Waals surface area contributed by atoms with Crippen LogP contribution in [-0.2, 0) is 0 Å². The highest BCUT2D eigenvalue weighted by atomic mass is 31.0. The zero-order valence-electron chi connectivity index (χ0n) is 7.91. The Hall–Kier alpha value is 0.310. The van der Waals surface area contributed by atoms with Gasteiger partial charge in [-0.15, -0.1) is 9.24 Å². The summed E-state index contributed by atoms with van der Waals surface area (Å²) >= 11 is 0. The molecule has 3 atom stereocenters. The van der Waals surface area contributed by atoms with Gasteiger partial charge in [-0.1, -0.05) is 0 Å². The first-order chi connectivity index (χ1) is 5.26. The summed E-state index contributed by atoms with van der Waals surface area (Å²) in [6.45, 7) is 5.76. The van der Waals surface area contributed by atoms with Crippen LogP contribution in [0.5, 0.6) is 0 Å². The van der Waals surface area contributed by atoms with Gasteiger partial charge in [-0.25, -0.2) is 0 Å². The van der Waals surface area contributed by atoms with E-state index in [2.05, 4.69) is 9.24 Å². The van der Waals surface area contributed by atoms with Crippen molar-refractivity contribution in [2.24, 2.45) is 0 Å². The van der Waals surface area contributed by atoms with E-state index in [-0.39, 0.29) is 11.6 Å². The van der Waals surface area contributed by atoms with E-state index in [0.717, 1.165) is 0 Å². The van der Waals surface area contributed by atoms with Crippen molar-refractivity contribution in [1.29, 1.82) is 0 Å². The minimum absolute atomic E-state index is 0.314. The van der Waals surface area contributed by atoms with Crippen molar-refractivity contribution in [2.45, 2.75) is 50.5 Å². The minimum Gasteiger partial charge on any atom is -0.393 e. The van der Waals surface area contributed by atoms with Gasteiger partial charge in [-0.2, -0.15) is 5.06 Å². The second kappa shape index (κ2) is 2.91. The molecule has 1 fully saturated rings. The highest BCUT2D eigenvalue weighted by Crippen LogP contribution is 2.40. The summed E-state index contributed by atoms with van der Waals surface area (Å²) in [7, 11) is 2.59. The Morgan fingerprint density at radius 3 is 2.25 bits per heavy atom. The van der Waals surface area contributed by atoms with Crippen LogP contribution in [0.4, 0.5) is 0 Å². The SMILES string of the molecule is CC1(C)CC(O)CC(C)(P)N1O. The predicted octanol–water partition coefficient (Wildman–Crippen LogP) is 1.20. The first-order valence-corrected chi connectivity index (χ1v) is 4.80. The van der Waals surface area contributed by atoms with Gasteiger partial charge < -0.3 is 10.3 Å². The van der Waals surface area contributed by atoms with Gasteiger partial charge in [0.05, 0.1) is 11.4 Å². The summed E-state index contributed by atoms with van der Waals surface area (Å²) in [6.07, 6.45) is 0.899. The third kappa shape index (κ3) is 1.80. The summed E-state index contributed by atoms with van der Waals surface area (Å²) in [5.74, 6) is 0. The fourth-order valence-corrected chi connectivity index (χ4v) is 2.61. The fraction of sp³-hybridized carbons (Fsp3) is 1.00. The van der Waals surface area contributed by atoms with E-state index in [1.165, 1.54) is 5.06 Å². The van der Waals surface area contributed by atoms with Crippen LogP contribution in [0.1, 0.15) is 33.6 Å². The van der Waals surface area contributed by atoms with E-state index < -0.39 is 5.28 Å².